The molecule has 2 aromatic heterocycles. The number of thiophene rings is 1. The first-order valence-electron chi connectivity index (χ1n) is 7.03. The Bertz CT molecular complexity index is 743. The van der Waals surface area contributed by atoms with E-state index < -0.39 is 0 Å². The molecule has 0 spiro atoms. The molecule has 1 aromatic carbocycles. The first-order valence-corrected chi connectivity index (χ1v) is 7.91. The van der Waals surface area contributed by atoms with Crippen molar-refractivity contribution in [3.63, 3.8) is 0 Å². The number of nitrogens with zero attached hydrogens (tertiary/aromatic N) is 2. The molecular weight excluding hydrogens is 282 g/mol. The van der Waals surface area contributed by atoms with E-state index in [4.69, 9.17) is 4.74 Å². The summed E-state index contributed by atoms with van der Waals surface area (Å²) >= 11 is 1.67. The van der Waals surface area contributed by atoms with E-state index in [9.17, 15) is 0 Å². The van der Waals surface area contributed by atoms with Gasteiger partial charge < -0.3 is 10.1 Å². The minimum Gasteiger partial charge on any atom is -0.371 e. The minimum absolute atomic E-state index is 0.0798. The maximum Gasteiger partial charge on any atom is 0.147 e. The highest BCUT2D eigenvalue weighted by atomic mass is 32.1. The van der Waals surface area contributed by atoms with Crippen LogP contribution in [0.3, 0.4) is 0 Å². The molecule has 106 valence electrons. The summed E-state index contributed by atoms with van der Waals surface area (Å²) in [6.45, 7) is 0.774. The van der Waals surface area contributed by atoms with Crippen LogP contribution >= 0.6 is 11.3 Å². The predicted octanol–water partition coefficient (Wildman–Crippen LogP) is 3.63. The third kappa shape index (κ3) is 2.39. The van der Waals surface area contributed by atoms with Crippen LogP contribution in [-0.4, -0.2) is 22.6 Å². The van der Waals surface area contributed by atoms with Crippen LogP contribution in [0.1, 0.15) is 18.1 Å². The lowest BCUT2D eigenvalue weighted by Gasteiger charge is -2.20. The standard InChI is InChI=1S/C16H15N3OS/c1-2-4-11(5-3-1)14-12(6-8-20-14)19-16-15-13(7-9-21-15)17-10-18-16/h1-5,7,9-10,12,14H,6,8H2,(H,17,18,19)/t12-,14+/m0/s1. The molecule has 0 amide bonds. The number of anilines is 1. The predicted molar refractivity (Wildman–Crippen MR) is 84.6 cm³/mol. The molecule has 0 unspecified atom stereocenters. The van der Waals surface area contributed by atoms with Crippen molar-refractivity contribution in [2.45, 2.75) is 18.6 Å². The van der Waals surface area contributed by atoms with Crippen LogP contribution in [0, 0.1) is 0 Å². The van der Waals surface area contributed by atoms with Crippen molar-refractivity contribution in [3.05, 3.63) is 53.7 Å². The van der Waals surface area contributed by atoms with Crippen LogP contribution in [0.4, 0.5) is 5.82 Å². The zero-order valence-corrected chi connectivity index (χ0v) is 12.2. The number of benzene rings is 1. The SMILES string of the molecule is c1ccc([C@H]2OCC[C@@H]2Nc2ncnc3ccsc23)cc1. The molecule has 21 heavy (non-hydrogen) atoms. The van der Waals surface area contributed by atoms with Gasteiger partial charge in [0, 0.05) is 6.61 Å². The second-order valence-electron chi connectivity index (χ2n) is 5.10. The van der Waals surface area contributed by atoms with Crippen molar-refractivity contribution in [1.29, 1.82) is 0 Å². The molecule has 2 atom stereocenters. The van der Waals surface area contributed by atoms with Gasteiger partial charge in [0.1, 0.15) is 18.2 Å². The van der Waals surface area contributed by atoms with Gasteiger partial charge in [-0.1, -0.05) is 30.3 Å². The Kier molecular flexibility index (Phi) is 3.29. The zero-order chi connectivity index (χ0) is 14.1. The molecule has 5 heteroatoms. The lowest BCUT2D eigenvalue weighted by atomic mass is 10.0. The van der Waals surface area contributed by atoms with Crippen LogP contribution in [-0.2, 0) is 4.74 Å². The van der Waals surface area contributed by atoms with Gasteiger partial charge in [0.2, 0.25) is 0 Å². The summed E-state index contributed by atoms with van der Waals surface area (Å²) in [5.41, 5.74) is 2.21. The van der Waals surface area contributed by atoms with E-state index in [1.165, 1.54) is 5.56 Å². The summed E-state index contributed by atoms with van der Waals surface area (Å²) in [5, 5.41) is 5.60. The minimum atomic E-state index is 0.0798. The normalized spacial score (nSPS) is 21.7. The van der Waals surface area contributed by atoms with Crippen LogP contribution in [0.5, 0.6) is 0 Å². The van der Waals surface area contributed by atoms with Crippen molar-refractivity contribution in [3.8, 4) is 0 Å². The Morgan fingerprint density at radius 3 is 2.95 bits per heavy atom. The van der Waals surface area contributed by atoms with E-state index >= 15 is 0 Å². The van der Waals surface area contributed by atoms with Gasteiger partial charge in [0.05, 0.1) is 16.3 Å². The van der Waals surface area contributed by atoms with Gasteiger partial charge >= 0.3 is 0 Å². The Labute approximate surface area is 126 Å². The molecule has 1 N–H and O–H groups in total. The Hall–Kier alpha value is -1.98. The first-order chi connectivity index (χ1) is 10.4. The fourth-order valence-corrected chi connectivity index (χ4v) is 3.57. The van der Waals surface area contributed by atoms with E-state index in [2.05, 4.69) is 39.6 Å². The summed E-state index contributed by atoms with van der Waals surface area (Å²) in [5.74, 6) is 0.909. The van der Waals surface area contributed by atoms with Crippen LogP contribution in [0.25, 0.3) is 10.2 Å². The lowest BCUT2D eigenvalue weighted by Crippen LogP contribution is -2.23. The van der Waals surface area contributed by atoms with Gasteiger partial charge in [-0.15, -0.1) is 11.3 Å². The smallest absolute Gasteiger partial charge is 0.147 e. The summed E-state index contributed by atoms with van der Waals surface area (Å²) in [6.07, 6.45) is 2.68. The summed E-state index contributed by atoms with van der Waals surface area (Å²) in [7, 11) is 0. The third-order valence-corrected chi connectivity index (χ3v) is 4.70. The number of nitrogens with one attached hydrogen (secondary N) is 1. The van der Waals surface area contributed by atoms with Crippen molar-refractivity contribution < 1.29 is 4.74 Å². The Balaban J connectivity index is 1.63. The van der Waals surface area contributed by atoms with E-state index in [0.29, 0.717) is 0 Å². The molecule has 0 radical (unpaired) electrons. The van der Waals surface area contributed by atoms with E-state index in [0.717, 1.165) is 29.1 Å². The number of rotatable bonds is 3. The maximum atomic E-state index is 5.91. The van der Waals surface area contributed by atoms with E-state index in [1.807, 2.05) is 17.5 Å². The molecule has 1 saturated heterocycles. The molecule has 4 nitrogen and oxygen atoms in total. The van der Waals surface area contributed by atoms with Crippen LogP contribution < -0.4 is 5.32 Å². The average Bonchev–Trinajstić information content (AvgIpc) is 3.17. The summed E-state index contributed by atoms with van der Waals surface area (Å²) < 4.78 is 7.02. The largest absolute Gasteiger partial charge is 0.371 e. The molecule has 3 heterocycles. The lowest BCUT2D eigenvalue weighted by molar-refractivity contribution is 0.107. The number of hydrogen-bond acceptors (Lipinski definition) is 5. The quantitative estimate of drug-likeness (QED) is 0.802. The molecular formula is C16H15N3OS. The van der Waals surface area contributed by atoms with Gasteiger partial charge in [0.15, 0.2) is 0 Å². The first kappa shape index (κ1) is 12.7. The highest BCUT2D eigenvalue weighted by Crippen LogP contribution is 2.33. The molecule has 1 aliphatic heterocycles. The molecule has 1 aliphatic rings. The number of fused-ring (bicyclic) bond motifs is 1. The summed E-state index contributed by atoms with van der Waals surface area (Å²) in [6, 6.07) is 12.6. The molecule has 0 bridgehead atoms. The fourth-order valence-electron chi connectivity index (χ4n) is 2.78. The highest BCUT2D eigenvalue weighted by molar-refractivity contribution is 7.17. The highest BCUT2D eigenvalue weighted by Gasteiger charge is 2.30. The average molecular weight is 297 g/mol. The second-order valence-corrected chi connectivity index (χ2v) is 6.01. The molecule has 0 aliphatic carbocycles. The van der Waals surface area contributed by atoms with Gasteiger partial charge in [-0.2, -0.15) is 0 Å². The van der Waals surface area contributed by atoms with Crippen molar-refractivity contribution in [2.24, 2.45) is 0 Å². The van der Waals surface area contributed by atoms with Gasteiger partial charge in [-0.3, -0.25) is 0 Å². The monoisotopic (exact) mass is 297 g/mol. The van der Waals surface area contributed by atoms with E-state index in [-0.39, 0.29) is 12.1 Å². The topological polar surface area (TPSA) is 47.0 Å². The Morgan fingerprint density at radius 1 is 1.14 bits per heavy atom. The second kappa shape index (κ2) is 5.42. The number of hydrogen-bond donors (Lipinski definition) is 1. The summed E-state index contributed by atoms with van der Waals surface area (Å²) in [4.78, 5) is 8.69. The Morgan fingerprint density at radius 2 is 2.05 bits per heavy atom. The van der Waals surface area contributed by atoms with Crippen LogP contribution in [0.15, 0.2) is 48.1 Å². The third-order valence-electron chi connectivity index (χ3n) is 3.79. The van der Waals surface area contributed by atoms with E-state index in [1.54, 1.807) is 17.7 Å². The molecule has 1 fully saturated rings. The van der Waals surface area contributed by atoms with Gasteiger partial charge in [0.25, 0.3) is 0 Å². The van der Waals surface area contributed by atoms with Crippen molar-refractivity contribution in [1.82, 2.24) is 9.97 Å². The van der Waals surface area contributed by atoms with Crippen LogP contribution in [0.2, 0.25) is 0 Å². The van der Waals surface area contributed by atoms with Crippen molar-refractivity contribution in [2.75, 3.05) is 11.9 Å². The van der Waals surface area contributed by atoms with Gasteiger partial charge in [-0.05, 0) is 23.4 Å². The fraction of sp³-hybridized carbons (Fsp3) is 0.250. The number of ether oxygens (including phenoxy) is 1. The maximum absolute atomic E-state index is 5.91. The molecule has 4 rings (SSSR count). The number of aromatic nitrogens is 2. The van der Waals surface area contributed by atoms with Crippen molar-refractivity contribution >= 4 is 27.4 Å². The molecule has 0 saturated carbocycles. The molecule has 3 aromatic rings. The zero-order valence-electron chi connectivity index (χ0n) is 11.4. The van der Waals surface area contributed by atoms with Gasteiger partial charge in [-0.25, -0.2) is 9.97 Å².